The van der Waals surface area contributed by atoms with Gasteiger partial charge in [-0.1, -0.05) is 0 Å². The zero-order valence-electron chi connectivity index (χ0n) is 8.62. The van der Waals surface area contributed by atoms with E-state index in [1.165, 1.54) is 25.4 Å². The second-order valence-corrected chi connectivity index (χ2v) is 3.33. The molecule has 0 atom stereocenters. The highest BCUT2D eigenvalue weighted by Crippen LogP contribution is 2.24. The van der Waals surface area contributed by atoms with Gasteiger partial charge in [-0.2, -0.15) is 0 Å². The van der Waals surface area contributed by atoms with Gasteiger partial charge in [0.1, 0.15) is 11.5 Å². The van der Waals surface area contributed by atoms with Crippen LogP contribution in [0.5, 0.6) is 0 Å². The van der Waals surface area contributed by atoms with Crippen LogP contribution in [0.3, 0.4) is 0 Å². The Morgan fingerprint density at radius 2 is 2.19 bits per heavy atom. The van der Waals surface area contributed by atoms with E-state index in [2.05, 4.69) is 10.3 Å². The summed E-state index contributed by atoms with van der Waals surface area (Å²) in [6, 6.07) is 4.12. The van der Waals surface area contributed by atoms with Crippen molar-refractivity contribution in [2.24, 2.45) is 0 Å². The molecule has 2 aromatic rings. The molecule has 5 heteroatoms. The molecule has 0 unspecified atom stereocenters. The number of aromatic nitrogens is 1. The molecule has 1 amide bonds. The number of pyridine rings is 1. The predicted octanol–water partition coefficient (Wildman–Crippen LogP) is 1.32. The number of carbonyl (C=O) groups is 1. The van der Waals surface area contributed by atoms with E-state index in [4.69, 9.17) is 5.73 Å². The summed E-state index contributed by atoms with van der Waals surface area (Å²) in [5.74, 6) is -0.848. The Labute approximate surface area is 91.3 Å². The lowest BCUT2D eigenvalue weighted by Crippen LogP contribution is -2.19. The fourth-order valence-corrected chi connectivity index (χ4v) is 1.58. The molecule has 1 aromatic heterocycles. The van der Waals surface area contributed by atoms with Gasteiger partial charge in [-0.05, 0) is 18.2 Å². The summed E-state index contributed by atoms with van der Waals surface area (Å²) in [6.07, 6.45) is 1.47. The molecule has 1 aromatic carbocycles. The SMILES string of the molecule is CNC(=O)c1nccc2c(N)cc(F)cc12. The molecule has 16 heavy (non-hydrogen) atoms. The van der Waals surface area contributed by atoms with Gasteiger partial charge in [-0.15, -0.1) is 0 Å². The summed E-state index contributed by atoms with van der Waals surface area (Å²) in [7, 11) is 1.49. The van der Waals surface area contributed by atoms with E-state index in [1.807, 2.05) is 0 Å². The van der Waals surface area contributed by atoms with E-state index in [9.17, 15) is 9.18 Å². The van der Waals surface area contributed by atoms with Gasteiger partial charge in [0.15, 0.2) is 0 Å². The van der Waals surface area contributed by atoms with Crippen molar-refractivity contribution in [3.05, 3.63) is 35.9 Å². The maximum Gasteiger partial charge on any atom is 0.270 e. The van der Waals surface area contributed by atoms with Crippen LogP contribution in [0, 0.1) is 5.82 Å². The van der Waals surface area contributed by atoms with Crippen molar-refractivity contribution in [2.45, 2.75) is 0 Å². The van der Waals surface area contributed by atoms with Crippen LogP contribution in [0.25, 0.3) is 10.8 Å². The number of hydrogen-bond acceptors (Lipinski definition) is 3. The first-order chi connectivity index (χ1) is 7.63. The lowest BCUT2D eigenvalue weighted by Gasteiger charge is -2.06. The third-order valence-electron chi connectivity index (χ3n) is 2.32. The van der Waals surface area contributed by atoms with Gasteiger partial charge < -0.3 is 11.1 Å². The van der Waals surface area contributed by atoms with Gasteiger partial charge in [0.05, 0.1) is 0 Å². The highest BCUT2D eigenvalue weighted by Gasteiger charge is 2.12. The molecular weight excluding hydrogens is 209 g/mol. The van der Waals surface area contributed by atoms with Crippen LogP contribution in [0.4, 0.5) is 10.1 Å². The molecule has 0 spiro atoms. The smallest absolute Gasteiger partial charge is 0.270 e. The van der Waals surface area contributed by atoms with Gasteiger partial charge in [0.25, 0.3) is 5.91 Å². The monoisotopic (exact) mass is 219 g/mol. The Morgan fingerprint density at radius 3 is 2.88 bits per heavy atom. The molecule has 0 bridgehead atoms. The number of anilines is 1. The Balaban J connectivity index is 2.81. The topological polar surface area (TPSA) is 68.0 Å². The highest BCUT2D eigenvalue weighted by molar-refractivity contribution is 6.07. The molecule has 0 saturated carbocycles. The number of nitrogen functional groups attached to an aromatic ring is 1. The molecular formula is C11H10FN3O. The number of amides is 1. The summed E-state index contributed by atoms with van der Waals surface area (Å²) in [4.78, 5) is 15.4. The number of halogens is 1. The second kappa shape index (κ2) is 3.77. The fourth-order valence-electron chi connectivity index (χ4n) is 1.58. The second-order valence-electron chi connectivity index (χ2n) is 3.33. The Morgan fingerprint density at radius 1 is 1.44 bits per heavy atom. The molecule has 2 rings (SSSR count). The number of nitrogens with two attached hydrogens (primary N) is 1. The van der Waals surface area contributed by atoms with E-state index in [0.29, 0.717) is 16.5 Å². The summed E-state index contributed by atoms with van der Waals surface area (Å²) in [5, 5.41) is 3.48. The number of nitrogens with zero attached hydrogens (tertiary/aromatic N) is 1. The molecule has 4 nitrogen and oxygen atoms in total. The van der Waals surface area contributed by atoms with E-state index >= 15 is 0 Å². The number of benzene rings is 1. The van der Waals surface area contributed by atoms with Crippen molar-refractivity contribution < 1.29 is 9.18 Å². The molecule has 0 aliphatic carbocycles. The molecule has 0 radical (unpaired) electrons. The number of fused-ring (bicyclic) bond motifs is 1. The standard InChI is InChI=1S/C11H10FN3O/c1-14-11(16)10-8-4-6(12)5-9(13)7(8)2-3-15-10/h2-5H,13H2,1H3,(H,14,16). The molecule has 0 aliphatic rings. The van der Waals surface area contributed by atoms with Crippen molar-refractivity contribution >= 4 is 22.4 Å². The summed E-state index contributed by atoms with van der Waals surface area (Å²) in [6.45, 7) is 0. The van der Waals surface area contributed by atoms with Gasteiger partial charge in [-0.25, -0.2) is 4.39 Å². The Hall–Kier alpha value is -2.17. The Bertz CT molecular complexity index is 568. The van der Waals surface area contributed by atoms with Gasteiger partial charge in [0.2, 0.25) is 0 Å². The van der Waals surface area contributed by atoms with E-state index in [0.717, 1.165) is 0 Å². The largest absolute Gasteiger partial charge is 0.398 e. The van der Waals surface area contributed by atoms with Crippen LogP contribution in [-0.2, 0) is 0 Å². The first-order valence-corrected chi connectivity index (χ1v) is 4.69. The lowest BCUT2D eigenvalue weighted by molar-refractivity contribution is 0.0960. The molecule has 0 fully saturated rings. The third-order valence-corrected chi connectivity index (χ3v) is 2.32. The normalized spacial score (nSPS) is 10.4. The molecule has 3 N–H and O–H groups in total. The maximum absolute atomic E-state index is 13.2. The third kappa shape index (κ3) is 1.56. The number of rotatable bonds is 1. The number of carbonyl (C=O) groups excluding carboxylic acids is 1. The van der Waals surface area contributed by atoms with Crippen LogP contribution < -0.4 is 11.1 Å². The zero-order valence-corrected chi connectivity index (χ0v) is 8.62. The zero-order chi connectivity index (χ0) is 11.7. The van der Waals surface area contributed by atoms with E-state index in [-0.39, 0.29) is 11.6 Å². The Kier molecular flexibility index (Phi) is 2.44. The summed E-state index contributed by atoms with van der Waals surface area (Å²) in [5.41, 5.74) is 6.13. The van der Waals surface area contributed by atoms with Gasteiger partial charge >= 0.3 is 0 Å². The number of nitrogens with one attached hydrogen (secondary N) is 1. The summed E-state index contributed by atoms with van der Waals surface area (Å²) < 4.78 is 13.2. The van der Waals surface area contributed by atoms with E-state index < -0.39 is 5.82 Å². The quantitative estimate of drug-likeness (QED) is 0.711. The minimum Gasteiger partial charge on any atom is -0.398 e. The van der Waals surface area contributed by atoms with E-state index in [1.54, 1.807) is 6.07 Å². The van der Waals surface area contributed by atoms with Gasteiger partial charge in [-0.3, -0.25) is 9.78 Å². The van der Waals surface area contributed by atoms with Crippen LogP contribution in [-0.4, -0.2) is 17.9 Å². The number of hydrogen-bond donors (Lipinski definition) is 2. The van der Waals surface area contributed by atoms with Crippen molar-refractivity contribution in [2.75, 3.05) is 12.8 Å². The molecule has 0 aliphatic heterocycles. The predicted molar refractivity (Wildman–Crippen MR) is 59.5 cm³/mol. The lowest BCUT2D eigenvalue weighted by atomic mass is 10.1. The molecule has 0 saturated heterocycles. The van der Waals surface area contributed by atoms with Crippen molar-refractivity contribution in [3.63, 3.8) is 0 Å². The fraction of sp³-hybridized carbons (Fsp3) is 0.0909. The van der Waals surface area contributed by atoms with Crippen molar-refractivity contribution in [1.29, 1.82) is 0 Å². The van der Waals surface area contributed by atoms with Crippen LogP contribution in [0.15, 0.2) is 24.4 Å². The van der Waals surface area contributed by atoms with Crippen molar-refractivity contribution in [1.82, 2.24) is 10.3 Å². The average Bonchev–Trinajstić information content (AvgIpc) is 2.27. The first-order valence-electron chi connectivity index (χ1n) is 4.69. The summed E-state index contributed by atoms with van der Waals surface area (Å²) >= 11 is 0. The van der Waals surface area contributed by atoms with Crippen LogP contribution in [0.2, 0.25) is 0 Å². The highest BCUT2D eigenvalue weighted by atomic mass is 19.1. The van der Waals surface area contributed by atoms with Crippen LogP contribution in [0.1, 0.15) is 10.5 Å². The van der Waals surface area contributed by atoms with Crippen LogP contribution >= 0.6 is 0 Å². The van der Waals surface area contributed by atoms with Gasteiger partial charge in [0, 0.05) is 29.7 Å². The minimum atomic E-state index is -0.483. The average molecular weight is 219 g/mol. The minimum absolute atomic E-state index is 0.172. The van der Waals surface area contributed by atoms with Crippen molar-refractivity contribution in [3.8, 4) is 0 Å². The molecule has 82 valence electrons. The first kappa shape index (κ1) is 10.4. The maximum atomic E-state index is 13.2. The molecule has 1 heterocycles.